The van der Waals surface area contributed by atoms with Gasteiger partial charge >= 0.3 is 5.97 Å². The smallest absolute Gasteiger partial charge is 0.344 e. The minimum Gasteiger partial charge on any atom is -0.479 e. The van der Waals surface area contributed by atoms with Crippen molar-refractivity contribution in [2.24, 2.45) is 0 Å². The lowest BCUT2D eigenvalue weighted by molar-refractivity contribution is -0.144. The monoisotopic (exact) mass is 194 g/mol. The maximum Gasteiger partial charge on any atom is 0.344 e. The normalized spacial score (nSPS) is 11.8. The standard InChI is InChI=1S/C10H10O4/c1-7(10(12)13)14-9-4-2-3-8(5-9)6-11/h2-7H,1H3,(H,12,13)/t7-/m0/s1. The molecule has 1 rings (SSSR count). The van der Waals surface area contributed by atoms with Gasteiger partial charge in [-0.1, -0.05) is 12.1 Å². The van der Waals surface area contributed by atoms with E-state index in [1.165, 1.54) is 13.0 Å². The van der Waals surface area contributed by atoms with E-state index in [1.807, 2.05) is 0 Å². The van der Waals surface area contributed by atoms with Gasteiger partial charge < -0.3 is 9.84 Å². The molecule has 0 saturated carbocycles. The van der Waals surface area contributed by atoms with Gasteiger partial charge in [0.15, 0.2) is 6.10 Å². The van der Waals surface area contributed by atoms with Crippen LogP contribution in [0, 0.1) is 0 Å². The summed E-state index contributed by atoms with van der Waals surface area (Å²) >= 11 is 0. The van der Waals surface area contributed by atoms with Gasteiger partial charge in [0.1, 0.15) is 12.0 Å². The number of aldehydes is 1. The number of carboxylic acids is 1. The van der Waals surface area contributed by atoms with Crippen LogP contribution in [-0.4, -0.2) is 23.5 Å². The molecule has 14 heavy (non-hydrogen) atoms. The second kappa shape index (κ2) is 4.41. The van der Waals surface area contributed by atoms with E-state index < -0.39 is 12.1 Å². The molecule has 0 aliphatic rings. The van der Waals surface area contributed by atoms with E-state index in [-0.39, 0.29) is 0 Å². The predicted molar refractivity (Wildman–Crippen MR) is 49.6 cm³/mol. The van der Waals surface area contributed by atoms with Gasteiger partial charge in [0.25, 0.3) is 0 Å². The quantitative estimate of drug-likeness (QED) is 0.735. The Bertz CT molecular complexity index is 346. The number of hydrogen-bond acceptors (Lipinski definition) is 3. The number of benzene rings is 1. The van der Waals surface area contributed by atoms with Crippen molar-refractivity contribution < 1.29 is 19.4 Å². The summed E-state index contributed by atoms with van der Waals surface area (Å²) in [6, 6.07) is 6.35. The molecule has 0 unspecified atom stereocenters. The van der Waals surface area contributed by atoms with Gasteiger partial charge in [-0.05, 0) is 19.1 Å². The van der Waals surface area contributed by atoms with E-state index in [9.17, 15) is 9.59 Å². The molecule has 0 spiro atoms. The summed E-state index contributed by atoms with van der Waals surface area (Å²) in [5.41, 5.74) is 0.458. The Kier molecular flexibility index (Phi) is 3.23. The average Bonchev–Trinajstić information content (AvgIpc) is 2.18. The molecule has 74 valence electrons. The summed E-state index contributed by atoms with van der Waals surface area (Å²) in [6.45, 7) is 1.43. The molecule has 1 N–H and O–H groups in total. The summed E-state index contributed by atoms with van der Waals surface area (Å²) in [4.78, 5) is 20.9. The third-order valence-electron chi connectivity index (χ3n) is 1.65. The SMILES string of the molecule is C[C@H](Oc1cccc(C=O)c1)C(=O)O. The highest BCUT2D eigenvalue weighted by Crippen LogP contribution is 2.13. The summed E-state index contributed by atoms with van der Waals surface area (Å²) in [5.74, 6) is -0.661. The number of rotatable bonds is 4. The first-order valence-electron chi connectivity index (χ1n) is 4.08. The van der Waals surface area contributed by atoms with Crippen molar-refractivity contribution in [1.82, 2.24) is 0 Å². The van der Waals surface area contributed by atoms with Crippen LogP contribution in [-0.2, 0) is 4.79 Å². The van der Waals surface area contributed by atoms with Gasteiger partial charge in [0.05, 0.1) is 0 Å². The maximum absolute atomic E-state index is 10.5. The first-order valence-corrected chi connectivity index (χ1v) is 4.08. The van der Waals surface area contributed by atoms with Crippen LogP contribution in [0.25, 0.3) is 0 Å². The lowest BCUT2D eigenvalue weighted by atomic mass is 10.2. The average molecular weight is 194 g/mol. The van der Waals surface area contributed by atoms with Crippen LogP contribution in [0.4, 0.5) is 0 Å². The number of carboxylic acid groups (broad SMARTS) is 1. The molecule has 0 radical (unpaired) electrons. The first kappa shape index (κ1) is 10.2. The number of hydrogen-bond donors (Lipinski definition) is 1. The molecular weight excluding hydrogens is 184 g/mol. The number of ether oxygens (including phenoxy) is 1. The van der Waals surface area contributed by atoms with E-state index in [4.69, 9.17) is 9.84 Å². The van der Waals surface area contributed by atoms with Gasteiger partial charge in [-0.2, -0.15) is 0 Å². The summed E-state index contributed by atoms with van der Waals surface area (Å²) in [7, 11) is 0. The molecule has 0 saturated heterocycles. The van der Waals surface area contributed by atoms with Gasteiger partial charge in [0.2, 0.25) is 0 Å². The highest BCUT2D eigenvalue weighted by atomic mass is 16.5. The van der Waals surface area contributed by atoms with E-state index >= 15 is 0 Å². The Morgan fingerprint density at radius 3 is 2.86 bits per heavy atom. The second-order valence-corrected chi connectivity index (χ2v) is 2.79. The minimum absolute atomic E-state index is 0.379. The van der Waals surface area contributed by atoms with Crippen LogP contribution in [0.15, 0.2) is 24.3 Å². The van der Waals surface area contributed by atoms with Gasteiger partial charge in [-0.15, -0.1) is 0 Å². The van der Waals surface area contributed by atoms with Gasteiger partial charge in [-0.25, -0.2) is 4.79 Å². The van der Waals surface area contributed by atoms with Crippen molar-refractivity contribution in [3.05, 3.63) is 29.8 Å². The number of aliphatic carboxylic acids is 1. The summed E-state index contributed by atoms with van der Waals surface area (Å²) in [5, 5.41) is 8.58. The molecule has 0 bridgehead atoms. The van der Waals surface area contributed by atoms with Crippen molar-refractivity contribution in [3.63, 3.8) is 0 Å². The van der Waals surface area contributed by atoms with Gasteiger partial charge in [0, 0.05) is 5.56 Å². The van der Waals surface area contributed by atoms with Crippen LogP contribution >= 0.6 is 0 Å². The molecule has 1 aromatic rings. The molecule has 0 aliphatic heterocycles. The van der Waals surface area contributed by atoms with Gasteiger partial charge in [-0.3, -0.25) is 4.79 Å². The van der Waals surface area contributed by atoms with E-state index in [2.05, 4.69) is 0 Å². The fourth-order valence-corrected chi connectivity index (χ4v) is 0.916. The molecule has 4 nitrogen and oxygen atoms in total. The third-order valence-corrected chi connectivity index (χ3v) is 1.65. The largest absolute Gasteiger partial charge is 0.479 e. The van der Waals surface area contributed by atoms with E-state index in [0.717, 1.165) is 0 Å². The van der Waals surface area contributed by atoms with E-state index in [0.29, 0.717) is 17.6 Å². The molecule has 0 aliphatic carbocycles. The fraction of sp³-hybridized carbons (Fsp3) is 0.200. The van der Waals surface area contributed by atoms with E-state index in [1.54, 1.807) is 18.2 Å². The van der Waals surface area contributed by atoms with Crippen molar-refractivity contribution in [2.45, 2.75) is 13.0 Å². The maximum atomic E-state index is 10.5. The highest BCUT2D eigenvalue weighted by Gasteiger charge is 2.11. The van der Waals surface area contributed by atoms with Crippen LogP contribution in [0.3, 0.4) is 0 Å². The molecule has 0 fully saturated rings. The molecular formula is C10H10O4. The Morgan fingerprint density at radius 2 is 2.29 bits per heavy atom. The molecule has 4 heteroatoms. The van der Waals surface area contributed by atoms with Crippen molar-refractivity contribution in [1.29, 1.82) is 0 Å². The van der Waals surface area contributed by atoms with Crippen LogP contribution in [0.1, 0.15) is 17.3 Å². The summed E-state index contributed by atoms with van der Waals surface area (Å²) < 4.78 is 5.06. The number of carbonyl (C=O) groups excluding carboxylic acids is 1. The van der Waals surface area contributed by atoms with Crippen molar-refractivity contribution in [2.75, 3.05) is 0 Å². The predicted octanol–water partition coefficient (Wildman–Crippen LogP) is 1.35. The Morgan fingerprint density at radius 1 is 1.57 bits per heavy atom. The third kappa shape index (κ3) is 2.58. The lowest BCUT2D eigenvalue weighted by Crippen LogP contribution is -2.22. The first-order chi connectivity index (χ1) is 6.63. The molecule has 0 heterocycles. The van der Waals surface area contributed by atoms with Crippen LogP contribution in [0.5, 0.6) is 5.75 Å². The van der Waals surface area contributed by atoms with Crippen molar-refractivity contribution in [3.8, 4) is 5.75 Å². The fourth-order valence-electron chi connectivity index (χ4n) is 0.916. The van der Waals surface area contributed by atoms with Crippen LogP contribution < -0.4 is 4.74 Å². The molecule has 0 aromatic heterocycles. The Hall–Kier alpha value is -1.84. The Labute approximate surface area is 81.1 Å². The second-order valence-electron chi connectivity index (χ2n) is 2.79. The topological polar surface area (TPSA) is 63.6 Å². The zero-order valence-corrected chi connectivity index (χ0v) is 7.64. The Balaban J connectivity index is 2.76. The number of carbonyl (C=O) groups is 2. The van der Waals surface area contributed by atoms with Crippen LogP contribution in [0.2, 0.25) is 0 Å². The molecule has 1 atom stereocenters. The molecule has 1 aromatic carbocycles. The highest BCUT2D eigenvalue weighted by molar-refractivity contribution is 5.75. The molecule has 0 amide bonds. The van der Waals surface area contributed by atoms with Crippen molar-refractivity contribution >= 4 is 12.3 Å². The lowest BCUT2D eigenvalue weighted by Gasteiger charge is -2.09. The summed E-state index contributed by atoms with van der Waals surface area (Å²) in [6.07, 6.45) is -0.241. The minimum atomic E-state index is -1.04. The zero-order chi connectivity index (χ0) is 10.6. The zero-order valence-electron chi connectivity index (χ0n) is 7.64.